The normalized spacial score (nSPS) is 12.9. The Morgan fingerprint density at radius 2 is 1.15 bits per heavy atom. The first-order valence-corrected chi connectivity index (χ1v) is 11.8. The van der Waals surface area contributed by atoms with Crippen LogP contribution in [0.1, 0.15) is 84.5 Å². The van der Waals surface area contributed by atoms with E-state index in [1.807, 2.05) is 13.8 Å². The summed E-state index contributed by atoms with van der Waals surface area (Å²) in [6.07, 6.45) is 4.55. The molecular weight excluding hydrogens is 384 g/mol. The number of carbonyl (C=O) groups excluding carboxylic acids is 2. The van der Waals surface area contributed by atoms with Crippen LogP contribution in [0.5, 0.6) is 0 Å². The fraction of sp³-hybridized carbons (Fsp3) is 0.875. The molecule has 0 aromatic rings. The molecule has 0 aliphatic heterocycles. The van der Waals surface area contributed by atoms with Crippen molar-refractivity contribution in [2.75, 3.05) is 0 Å². The maximum absolute atomic E-state index is 12.4. The molecule has 26 heavy (non-hydrogen) atoms. The molecule has 8 nitrogen and oxygen atoms in total. The third kappa shape index (κ3) is 8.70. The molecule has 0 radical (unpaired) electrons. The maximum atomic E-state index is 12.4. The van der Waals surface area contributed by atoms with Gasteiger partial charge in [-0.05, 0) is 12.8 Å². The second-order valence-electron chi connectivity index (χ2n) is 6.69. The average molecular weight is 415 g/mol. The fourth-order valence-electron chi connectivity index (χ4n) is 3.00. The predicted molar refractivity (Wildman–Crippen MR) is 97.7 cm³/mol. The first kappa shape index (κ1) is 25.2. The minimum Gasteiger partial charge on any atom is -0.280 e. The molecule has 154 valence electrons. The van der Waals surface area contributed by atoms with Crippen LogP contribution in [0.2, 0.25) is 0 Å². The van der Waals surface area contributed by atoms with Gasteiger partial charge in [-0.2, -0.15) is 16.8 Å². The van der Waals surface area contributed by atoms with Crippen LogP contribution < -0.4 is 0 Å². The molecule has 0 spiro atoms. The zero-order valence-electron chi connectivity index (χ0n) is 15.4. The molecule has 0 saturated heterocycles. The van der Waals surface area contributed by atoms with Crippen molar-refractivity contribution in [3.8, 4) is 0 Å². The Kier molecular flexibility index (Phi) is 10.7. The topological polar surface area (TPSA) is 143 Å². The van der Waals surface area contributed by atoms with E-state index in [0.717, 1.165) is 25.7 Å². The highest BCUT2D eigenvalue weighted by atomic mass is 32.2. The van der Waals surface area contributed by atoms with E-state index in [1.54, 1.807) is 0 Å². The zero-order chi connectivity index (χ0) is 20.4. The summed E-state index contributed by atoms with van der Waals surface area (Å²) in [4.78, 5) is 24.2. The van der Waals surface area contributed by atoms with Gasteiger partial charge in [-0.15, -0.1) is 0 Å². The summed E-state index contributed by atoms with van der Waals surface area (Å²) in [7, 11) is -10.2. The van der Waals surface area contributed by atoms with Gasteiger partial charge in [0.1, 0.15) is 0 Å². The van der Waals surface area contributed by atoms with Crippen molar-refractivity contribution < 1.29 is 35.5 Å². The molecule has 0 atom stereocenters. The van der Waals surface area contributed by atoms with Gasteiger partial charge in [0, 0.05) is 6.42 Å². The van der Waals surface area contributed by atoms with Crippen LogP contribution >= 0.6 is 0 Å². The van der Waals surface area contributed by atoms with Crippen LogP contribution in [0.3, 0.4) is 0 Å². The van der Waals surface area contributed by atoms with E-state index in [9.17, 15) is 31.0 Å². The molecule has 10 heteroatoms. The highest BCUT2D eigenvalue weighted by Gasteiger charge is 2.47. The number of unbranched alkanes of at least 4 members (excludes halogenated alkanes) is 6. The molecule has 0 aromatic carbocycles. The summed E-state index contributed by atoms with van der Waals surface area (Å²) < 4.78 is 63.4. The molecule has 0 aliphatic carbocycles. The fourth-order valence-corrected chi connectivity index (χ4v) is 4.28. The van der Waals surface area contributed by atoms with Gasteiger partial charge in [0.15, 0.2) is 0 Å². The lowest BCUT2D eigenvalue weighted by molar-refractivity contribution is -0.127. The van der Waals surface area contributed by atoms with Crippen molar-refractivity contribution in [3.05, 3.63) is 0 Å². The molecule has 0 saturated carbocycles. The largest absolute Gasteiger partial charge is 0.329 e. The average Bonchev–Trinajstić information content (AvgIpc) is 2.52. The third-order valence-electron chi connectivity index (χ3n) is 4.46. The number of carbonyl (C=O) groups is 2. The highest BCUT2D eigenvalue weighted by molar-refractivity contribution is 8.01. The molecule has 2 N–H and O–H groups in total. The second kappa shape index (κ2) is 11.1. The van der Waals surface area contributed by atoms with E-state index in [2.05, 4.69) is 0 Å². The Morgan fingerprint density at radius 1 is 0.731 bits per heavy atom. The lowest BCUT2D eigenvalue weighted by atomic mass is 9.76. The first-order chi connectivity index (χ1) is 11.9. The van der Waals surface area contributed by atoms with Crippen molar-refractivity contribution in [2.24, 2.45) is 5.41 Å². The minimum atomic E-state index is -5.10. The number of hydrogen-bond acceptors (Lipinski definition) is 6. The van der Waals surface area contributed by atoms with Gasteiger partial charge in [0.05, 0.1) is 5.41 Å². The van der Waals surface area contributed by atoms with E-state index in [0.29, 0.717) is 25.7 Å². The third-order valence-corrected chi connectivity index (χ3v) is 6.08. The lowest BCUT2D eigenvalue weighted by Gasteiger charge is -2.30. The molecule has 0 rings (SSSR count). The Bertz CT molecular complexity index is 652. The van der Waals surface area contributed by atoms with E-state index in [4.69, 9.17) is 4.55 Å². The second-order valence-corrected chi connectivity index (χ2v) is 9.41. The van der Waals surface area contributed by atoms with Gasteiger partial charge in [-0.1, -0.05) is 65.2 Å². The summed E-state index contributed by atoms with van der Waals surface area (Å²) >= 11 is 0. The van der Waals surface area contributed by atoms with E-state index < -0.39 is 42.3 Å². The SMILES string of the molecule is CCCCCCC(CCCCCC)(CC(=O)S(=O)(=O)O)C(=O)S(=O)(=O)O. The van der Waals surface area contributed by atoms with Gasteiger partial charge >= 0.3 is 20.2 Å². The summed E-state index contributed by atoms with van der Waals surface area (Å²) in [5.74, 6) is 0. The van der Waals surface area contributed by atoms with Crippen LogP contribution in [-0.4, -0.2) is 36.2 Å². The Labute approximate surface area is 156 Å². The van der Waals surface area contributed by atoms with Crippen molar-refractivity contribution in [1.29, 1.82) is 0 Å². The minimum absolute atomic E-state index is 0.0427. The van der Waals surface area contributed by atoms with E-state index in [-0.39, 0.29) is 12.8 Å². The molecule has 0 unspecified atom stereocenters. The quantitative estimate of drug-likeness (QED) is 0.345. The van der Waals surface area contributed by atoms with Gasteiger partial charge in [0.2, 0.25) is 0 Å². The molecule has 0 aliphatic rings. The van der Waals surface area contributed by atoms with Crippen molar-refractivity contribution in [3.63, 3.8) is 0 Å². The summed E-state index contributed by atoms with van der Waals surface area (Å²) in [5.41, 5.74) is -1.85. The Morgan fingerprint density at radius 3 is 1.46 bits per heavy atom. The van der Waals surface area contributed by atoms with Crippen LogP contribution in [0.4, 0.5) is 0 Å². The highest BCUT2D eigenvalue weighted by Crippen LogP contribution is 2.39. The van der Waals surface area contributed by atoms with Crippen LogP contribution in [-0.2, 0) is 29.8 Å². The Balaban J connectivity index is 5.72. The number of rotatable bonds is 13. The monoisotopic (exact) mass is 414 g/mol. The van der Waals surface area contributed by atoms with Gasteiger partial charge in [-0.25, -0.2) is 0 Å². The van der Waals surface area contributed by atoms with Crippen LogP contribution in [0.25, 0.3) is 0 Å². The van der Waals surface area contributed by atoms with Crippen LogP contribution in [0.15, 0.2) is 0 Å². The summed E-state index contributed by atoms with van der Waals surface area (Å²) in [5, 5.41) is -3.16. The number of hydrogen-bond donors (Lipinski definition) is 2. The first-order valence-electron chi connectivity index (χ1n) is 8.93. The molecule has 0 bridgehead atoms. The molecular formula is C16H30O8S2. The zero-order valence-corrected chi connectivity index (χ0v) is 17.1. The maximum Gasteiger partial charge on any atom is 0.329 e. The standard InChI is InChI=1S/C16H30O8S2/c1-3-5-7-9-11-16(12-10-8-6-4-2,15(18)26(22,23)24)13-14(17)25(19,20)21/h3-13H2,1-2H3,(H,19,20,21)(H,22,23,24). The van der Waals surface area contributed by atoms with E-state index >= 15 is 0 Å². The molecule has 0 aromatic heterocycles. The van der Waals surface area contributed by atoms with Gasteiger partial charge in [0.25, 0.3) is 10.2 Å². The van der Waals surface area contributed by atoms with Crippen molar-refractivity contribution in [2.45, 2.75) is 84.5 Å². The van der Waals surface area contributed by atoms with Crippen molar-refractivity contribution in [1.82, 2.24) is 0 Å². The smallest absolute Gasteiger partial charge is 0.280 e. The summed E-state index contributed by atoms with van der Waals surface area (Å²) in [6.45, 7) is 3.92. The van der Waals surface area contributed by atoms with E-state index in [1.165, 1.54) is 0 Å². The van der Waals surface area contributed by atoms with Gasteiger partial charge in [-0.3, -0.25) is 18.7 Å². The molecule has 0 amide bonds. The van der Waals surface area contributed by atoms with Crippen LogP contribution in [0, 0.1) is 5.41 Å². The lowest BCUT2D eigenvalue weighted by Crippen LogP contribution is -2.39. The Hall–Kier alpha value is -0.840. The summed E-state index contributed by atoms with van der Waals surface area (Å²) in [6, 6.07) is 0. The molecule has 0 fully saturated rings. The van der Waals surface area contributed by atoms with Gasteiger partial charge < -0.3 is 0 Å². The van der Waals surface area contributed by atoms with Crippen molar-refractivity contribution >= 4 is 30.5 Å². The predicted octanol–water partition coefficient (Wildman–Crippen LogP) is 3.13. The molecule has 0 heterocycles.